The summed E-state index contributed by atoms with van der Waals surface area (Å²) in [5.74, 6) is -0.463. The van der Waals surface area contributed by atoms with E-state index in [1.165, 1.54) is 0 Å². The van der Waals surface area contributed by atoms with E-state index in [9.17, 15) is 9.59 Å². The predicted octanol–water partition coefficient (Wildman–Crippen LogP) is 0.241. The van der Waals surface area contributed by atoms with Gasteiger partial charge in [-0.05, 0) is 39.7 Å². The van der Waals surface area contributed by atoms with Crippen LogP contribution in [0.2, 0.25) is 0 Å². The average Bonchev–Trinajstić information content (AvgIpc) is 2.27. The van der Waals surface area contributed by atoms with E-state index in [-0.39, 0.29) is 11.9 Å². The number of nitrogens with two attached hydrogens (primary N) is 1. The standard InChI is InChI=1S/C12H23N3O2/c1-4-7-14-9-6-5-8-15(10(9)16)12(2,3)11(13)17/h9,14H,4-8H2,1-3H3,(H2,13,17). The molecule has 0 aromatic rings. The molecule has 3 N–H and O–H groups in total. The molecule has 1 atom stereocenters. The van der Waals surface area contributed by atoms with E-state index in [2.05, 4.69) is 12.2 Å². The molecule has 0 bridgehead atoms. The molecule has 0 aliphatic carbocycles. The number of likely N-dealkylation sites (tertiary alicyclic amines) is 1. The van der Waals surface area contributed by atoms with Gasteiger partial charge < -0.3 is 16.0 Å². The van der Waals surface area contributed by atoms with E-state index >= 15 is 0 Å². The van der Waals surface area contributed by atoms with Gasteiger partial charge in [-0.3, -0.25) is 9.59 Å². The number of carbonyl (C=O) groups excluding carboxylic acids is 2. The summed E-state index contributed by atoms with van der Waals surface area (Å²) in [5, 5.41) is 3.22. The summed E-state index contributed by atoms with van der Waals surface area (Å²) in [7, 11) is 0. The summed E-state index contributed by atoms with van der Waals surface area (Å²) in [6.07, 6.45) is 2.73. The summed E-state index contributed by atoms with van der Waals surface area (Å²) < 4.78 is 0. The fraction of sp³-hybridized carbons (Fsp3) is 0.833. The van der Waals surface area contributed by atoms with E-state index in [1.807, 2.05) is 0 Å². The minimum atomic E-state index is -0.899. The molecule has 1 rings (SSSR count). The van der Waals surface area contributed by atoms with Crippen molar-refractivity contribution < 1.29 is 9.59 Å². The molecule has 0 spiro atoms. The molecule has 2 amide bonds. The SMILES string of the molecule is CCCNC1CCCN(C(C)(C)C(N)=O)C1=O. The highest BCUT2D eigenvalue weighted by molar-refractivity contribution is 5.92. The van der Waals surface area contributed by atoms with Crippen LogP contribution in [0.3, 0.4) is 0 Å². The van der Waals surface area contributed by atoms with Crippen LogP contribution in [-0.2, 0) is 9.59 Å². The van der Waals surface area contributed by atoms with Gasteiger partial charge in [0.2, 0.25) is 11.8 Å². The highest BCUT2D eigenvalue weighted by atomic mass is 16.2. The van der Waals surface area contributed by atoms with Gasteiger partial charge in [-0.1, -0.05) is 6.92 Å². The molecule has 0 saturated carbocycles. The third-order valence-electron chi connectivity index (χ3n) is 3.36. The summed E-state index contributed by atoms with van der Waals surface area (Å²) >= 11 is 0. The summed E-state index contributed by atoms with van der Waals surface area (Å²) in [5.41, 5.74) is 4.46. The molecular weight excluding hydrogens is 218 g/mol. The lowest BCUT2D eigenvalue weighted by Crippen LogP contribution is -2.62. The Bertz CT molecular complexity index is 302. The Morgan fingerprint density at radius 1 is 1.59 bits per heavy atom. The van der Waals surface area contributed by atoms with E-state index in [1.54, 1.807) is 18.7 Å². The fourth-order valence-corrected chi connectivity index (χ4v) is 2.07. The molecule has 1 saturated heterocycles. The van der Waals surface area contributed by atoms with Crippen molar-refractivity contribution in [2.24, 2.45) is 5.73 Å². The van der Waals surface area contributed by atoms with Crippen molar-refractivity contribution in [1.29, 1.82) is 0 Å². The lowest BCUT2D eigenvalue weighted by Gasteiger charge is -2.41. The quantitative estimate of drug-likeness (QED) is 0.724. The van der Waals surface area contributed by atoms with Gasteiger partial charge in [0.05, 0.1) is 6.04 Å². The lowest BCUT2D eigenvalue weighted by atomic mass is 9.95. The molecule has 1 aliphatic rings. The molecule has 17 heavy (non-hydrogen) atoms. The second-order valence-corrected chi connectivity index (χ2v) is 5.06. The maximum Gasteiger partial charge on any atom is 0.242 e. The minimum Gasteiger partial charge on any atom is -0.368 e. The Hall–Kier alpha value is -1.10. The van der Waals surface area contributed by atoms with Crippen LogP contribution in [0.25, 0.3) is 0 Å². The van der Waals surface area contributed by atoms with Crippen LogP contribution in [-0.4, -0.2) is 41.4 Å². The third-order valence-corrected chi connectivity index (χ3v) is 3.36. The van der Waals surface area contributed by atoms with E-state index in [4.69, 9.17) is 5.73 Å². The van der Waals surface area contributed by atoms with Gasteiger partial charge in [0.1, 0.15) is 5.54 Å². The Morgan fingerprint density at radius 2 is 2.24 bits per heavy atom. The van der Waals surface area contributed by atoms with Crippen molar-refractivity contribution in [3.05, 3.63) is 0 Å². The third kappa shape index (κ3) is 2.97. The summed E-state index contributed by atoms with van der Waals surface area (Å²) in [6, 6.07) is -0.165. The zero-order chi connectivity index (χ0) is 13.1. The molecule has 1 fully saturated rings. The molecular formula is C12H23N3O2. The highest BCUT2D eigenvalue weighted by Gasteiger charge is 2.40. The van der Waals surface area contributed by atoms with Crippen molar-refractivity contribution in [2.75, 3.05) is 13.1 Å². The largest absolute Gasteiger partial charge is 0.368 e. The van der Waals surface area contributed by atoms with Crippen LogP contribution < -0.4 is 11.1 Å². The van der Waals surface area contributed by atoms with Crippen molar-refractivity contribution >= 4 is 11.8 Å². The molecule has 98 valence electrons. The Balaban J connectivity index is 2.74. The van der Waals surface area contributed by atoms with Crippen molar-refractivity contribution in [3.63, 3.8) is 0 Å². The van der Waals surface area contributed by atoms with Gasteiger partial charge in [0.25, 0.3) is 0 Å². The molecule has 0 aromatic carbocycles. The number of hydrogen-bond acceptors (Lipinski definition) is 3. The molecule has 0 aromatic heterocycles. The minimum absolute atomic E-state index is 0.00602. The topological polar surface area (TPSA) is 75.4 Å². The summed E-state index contributed by atoms with van der Waals surface area (Å²) in [4.78, 5) is 25.2. The number of rotatable bonds is 5. The smallest absolute Gasteiger partial charge is 0.242 e. The normalized spacial score (nSPS) is 21.7. The van der Waals surface area contributed by atoms with Gasteiger partial charge in [-0.2, -0.15) is 0 Å². The Morgan fingerprint density at radius 3 is 2.76 bits per heavy atom. The van der Waals surface area contributed by atoms with Gasteiger partial charge in [0.15, 0.2) is 0 Å². The average molecular weight is 241 g/mol. The first-order valence-corrected chi connectivity index (χ1v) is 6.26. The number of nitrogens with zero attached hydrogens (tertiary/aromatic N) is 1. The predicted molar refractivity (Wildman–Crippen MR) is 66.3 cm³/mol. The van der Waals surface area contributed by atoms with Crippen LogP contribution in [0.4, 0.5) is 0 Å². The molecule has 1 aliphatic heterocycles. The first-order valence-electron chi connectivity index (χ1n) is 6.26. The fourth-order valence-electron chi connectivity index (χ4n) is 2.07. The molecule has 0 radical (unpaired) electrons. The number of primary amides is 1. The number of amides is 2. The van der Waals surface area contributed by atoms with Gasteiger partial charge in [-0.25, -0.2) is 0 Å². The first-order chi connectivity index (χ1) is 7.91. The van der Waals surface area contributed by atoms with Gasteiger partial charge in [-0.15, -0.1) is 0 Å². The van der Waals surface area contributed by atoms with E-state index in [0.29, 0.717) is 6.54 Å². The zero-order valence-electron chi connectivity index (χ0n) is 11.0. The zero-order valence-corrected chi connectivity index (χ0v) is 11.0. The first kappa shape index (κ1) is 14.0. The molecule has 5 nitrogen and oxygen atoms in total. The number of hydrogen-bond donors (Lipinski definition) is 2. The lowest BCUT2D eigenvalue weighted by molar-refractivity contribution is -0.148. The second-order valence-electron chi connectivity index (χ2n) is 5.06. The van der Waals surface area contributed by atoms with E-state index in [0.717, 1.165) is 25.8 Å². The highest BCUT2D eigenvalue weighted by Crippen LogP contribution is 2.21. The van der Waals surface area contributed by atoms with Crippen molar-refractivity contribution in [1.82, 2.24) is 10.2 Å². The van der Waals surface area contributed by atoms with Crippen molar-refractivity contribution in [3.8, 4) is 0 Å². The van der Waals surface area contributed by atoms with Gasteiger partial charge >= 0.3 is 0 Å². The maximum atomic E-state index is 12.2. The van der Waals surface area contributed by atoms with Crippen LogP contribution in [0, 0.1) is 0 Å². The summed E-state index contributed by atoms with van der Waals surface area (Å²) in [6.45, 7) is 6.90. The molecule has 1 heterocycles. The van der Waals surface area contributed by atoms with Crippen LogP contribution in [0.15, 0.2) is 0 Å². The van der Waals surface area contributed by atoms with Crippen LogP contribution in [0.5, 0.6) is 0 Å². The number of nitrogens with one attached hydrogen (secondary N) is 1. The molecule has 1 unspecified atom stereocenters. The monoisotopic (exact) mass is 241 g/mol. The van der Waals surface area contributed by atoms with E-state index < -0.39 is 11.4 Å². The Kier molecular flexibility index (Phi) is 4.51. The van der Waals surface area contributed by atoms with Crippen molar-refractivity contribution in [2.45, 2.75) is 51.6 Å². The van der Waals surface area contributed by atoms with Gasteiger partial charge in [0, 0.05) is 6.54 Å². The number of piperidine rings is 1. The van der Waals surface area contributed by atoms with Crippen LogP contribution in [0.1, 0.15) is 40.0 Å². The second kappa shape index (κ2) is 5.49. The molecule has 5 heteroatoms. The Labute approximate surface area is 103 Å². The maximum absolute atomic E-state index is 12.2. The number of carbonyl (C=O) groups is 2. The van der Waals surface area contributed by atoms with Crippen LogP contribution >= 0.6 is 0 Å².